The molecule has 0 aliphatic heterocycles. The summed E-state index contributed by atoms with van der Waals surface area (Å²) in [7, 11) is 0. The molecule has 6 aromatic carbocycles. The van der Waals surface area contributed by atoms with Gasteiger partial charge in [0.1, 0.15) is 0 Å². The van der Waals surface area contributed by atoms with Crippen LogP contribution in [0.5, 0.6) is 0 Å². The predicted octanol–water partition coefficient (Wildman–Crippen LogP) is 11.3. The Balaban J connectivity index is 0.000000160. The van der Waals surface area contributed by atoms with Gasteiger partial charge in [-0.3, -0.25) is 4.79 Å². The molecule has 1 heterocycles. The Morgan fingerprint density at radius 2 is 1.02 bits per heavy atom. The predicted molar refractivity (Wildman–Crippen MR) is 200 cm³/mol. The summed E-state index contributed by atoms with van der Waals surface area (Å²) in [5.74, 6) is 0. The van der Waals surface area contributed by atoms with Crippen molar-refractivity contribution in [3.8, 4) is 11.1 Å². The lowest BCUT2D eigenvalue weighted by atomic mass is 9.68. The third kappa shape index (κ3) is 5.02. The molecule has 0 saturated heterocycles. The first kappa shape index (κ1) is 28.7. The maximum atomic E-state index is 12.2. The van der Waals surface area contributed by atoms with Gasteiger partial charge >= 0.3 is 0 Å². The van der Waals surface area contributed by atoms with Gasteiger partial charge in [-0.25, -0.2) is 0 Å². The summed E-state index contributed by atoms with van der Waals surface area (Å²) in [6.07, 6.45) is 0. The van der Waals surface area contributed by atoms with E-state index in [2.05, 4.69) is 142 Å². The lowest BCUT2D eigenvalue weighted by molar-refractivity contribution is 0.768. The van der Waals surface area contributed by atoms with Crippen molar-refractivity contribution in [2.45, 2.75) is 5.41 Å². The molecule has 7 aromatic rings. The van der Waals surface area contributed by atoms with Gasteiger partial charge in [-0.15, -0.1) is 11.3 Å². The van der Waals surface area contributed by atoms with Crippen LogP contribution < -0.4 is 5.43 Å². The molecule has 43 heavy (non-hydrogen) atoms. The monoisotopic (exact) mass is 816 g/mol. The number of benzene rings is 6. The van der Waals surface area contributed by atoms with E-state index in [9.17, 15) is 4.79 Å². The largest absolute Gasteiger partial charge is 0.289 e. The average molecular weight is 817 g/mol. The molecule has 0 N–H and O–H groups in total. The molecule has 0 radical (unpaired) electrons. The third-order valence-corrected chi connectivity index (χ3v) is 10.9. The molecule has 208 valence electrons. The number of fused-ring (bicyclic) bond motifs is 5. The van der Waals surface area contributed by atoms with Crippen molar-refractivity contribution in [2.75, 3.05) is 0 Å². The first-order chi connectivity index (χ1) is 21.0. The van der Waals surface area contributed by atoms with Gasteiger partial charge in [-0.05, 0) is 133 Å². The number of rotatable bonds is 2. The van der Waals surface area contributed by atoms with Gasteiger partial charge in [0.05, 0.1) is 5.41 Å². The normalized spacial score (nSPS) is 12.8. The molecule has 0 fully saturated rings. The molecule has 1 aromatic heterocycles. The van der Waals surface area contributed by atoms with Crippen LogP contribution in [0.15, 0.2) is 144 Å². The van der Waals surface area contributed by atoms with E-state index < -0.39 is 0 Å². The first-order valence-corrected chi connectivity index (χ1v) is 17.1. The number of hydrogen-bond acceptors (Lipinski definition) is 2. The Kier molecular flexibility index (Phi) is 7.88. The van der Waals surface area contributed by atoms with Crippen LogP contribution in [0.1, 0.15) is 22.3 Å². The minimum atomic E-state index is -0.276. The molecule has 0 unspecified atom stereocenters. The van der Waals surface area contributed by atoms with Gasteiger partial charge in [0.2, 0.25) is 0 Å². The second-order valence-corrected chi connectivity index (χ2v) is 14.4. The summed E-state index contributed by atoms with van der Waals surface area (Å²) in [5.41, 5.74) is 7.84. The summed E-state index contributed by atoms with van der Waals surface area (Å²) in [6, 6.07) is 48.9. The van der Waals surface area contributed by atoms with E-state index in [0.717, 1.165) is 14.8 Å². The molecule has 1 aliphatic carbocycles. The van der Waals surface area contributed by atoms with Gasteiger partial charge in [-0.1, -0.05) is 96.5 Å². The molecule has 1 aliphatic rings. The molecule has 0 atom stereocenters. The van der Waals surface area contributed by atoms with E-state index in [0.29, 0.717) is 10.4 Å². The van der Waals surface area contributed by atoms with Crippen LogP contribution in [-0.2, 0) is 5.41 Å². The Bertz CT molecular complexity index is 2090. The molecule has 8 rings (SSSR count). The Labute approximate surface area is 286 Å². The lowest BCUT2D eigenvalue weighted by Crippen LogP contribution is -2.28. The maximum Gasteiger partial charge on any atom is 0.195 e. The highest BCUT2D eigenvalue weighted by Crippen LogP contribution is 2.55. The van der Waals surface area contributed by atoms with Crippen LogP contribution in [0.4, 0.5) is 0 Å². The van der Waals surface area contributed by atoms with Crippen LogP contribution >= 0.6 is 68.1 Å². The zero-order chi connectivity index (χ0) is 29.6. The topological polar surface area (TPSA) is 17.1 Å². The quantitative estimate of drug-likeness (QED) is 0.125. The second kappa shape index (κ2) is 11.8. The lowest BCUT2D eigenvalue weighted by Gasteiger charge is -2.34. The Hall–Kier alpha value is -3.04. The fraction of sp³-hybridized carbons (Fsp3) is 0.0263. The fourth-order valence-corrected chi connectivity index (χ4v) is 8.14. The van der Waals surface area contributed by atoms with E-state index >= 15 is 0 Å². The van der Waals surface area contributed by atoms with Crippen LogP contribution in [0.3, 0.4) is 0 Å². The van der Waals surface area contributed by atoms with Crippen molar-refractivity contribution in [2.24, 2.45) is 0 Å². The molecular weight excluding hydrogens is 794 g/mol. The van der Waals surface area contributed by atoms with Crippen LogP contribution in [-0.4, -0.2) is 0 Å². The van der Waals surface area contributed by atoms with Crippen molar-refractivity contribution >= 4 is 88.3 Å². The average Bonchev–Trinajstić information content (AvgIpc) is 3.34. The Morgan fingerprint density at radius 1 is 0.535 bits per heavy atom. The molecule has 0 saturated carbocycles. The van der Waals surface area contributed by atoms with Crippen molar-refractivity contribution in [3.63, 3.8) is 0 Å². The molecule has 1 nitrogen and oxygen atoms in total. The van der Waals surface area contributed by atoms with Gasteiger partial charge in [-0.2, -0.15) is 0 Å². The maximum absolute atomic E-state index is 12.2. The van der Waals surface area contributed by atoms with E-state index in [-0.39, 0.29) is 10.8 Å². The highest BCUT2D eigenvalue weighted by atomic mass is 127. The zero-order valence-electron chi connectivity index (χ0n) is 22.7. The fourth-order valence-electron chi connectivity index (χ4n) is 6.20. The SMILES string of the molecule is Ic1ccc(C2(c3ccc(I)cc3)c3ccccc3-c3ccccc32)cc1.O=c1c2ccccc2sc2ccc(Cl)cc12. The number of halogens is 3. The molecule has 0 spiro atoms. The molecular formula is C38H23ClI2OS. The summed E-state index contributed by atoms with van der Waals surface area (Å²) < 4.78 is 4.51. The van der Waals surface area contributed by atoms with E-state index in [1.165, 1.54) is 40.5 Å². The van der Waals surface area contributed by atoms with Gasteiger partial charge in [0, 0.05) is 32.3 Å². The minimum Gasteiger partial charge on any atom is -0.289 e. The number of hydrogen-bond donors (Lipinski definition) is 0. The molecule has 5 heteroatoms. The van der Waals surface area contributed by atoms with Gasteiger partial charge in [0.15, 0.2) is 5.43 Å². The van der Waals surface area contributed by atoms with Crippen LogP contribution in [0, 0.1) is 7.14 Å². The Morgan fingerprint density at radius 3 is 1.60 bits per heavy atom. The smallest absolute Gasteiger partial charge is 0.195 e. The summed E-state index contributed by atoms with van der Waals surface area (Å²) in [5, 5.41) is 2.07. The standard InChI is InChI=1S/C25H16I2.C13H7ClOS/c26-19-13-9-17(10-14-19)25(18-11-15-20(27)16-12-18)23-7-3-1-5-21(23)22-6-2-4-8-24(22)25;14-8-5-6-12-10(7-8)13(15)9-3-1-2-4-11(9)16-12/h1-16H;1-7H. The summed E-state index contributed by atoms with van der Waals surface area (Å²) in [6.45, 7) is 0. The molecule has 0 amide bonds. The van der Waals surface area contributed by atoms with Crippen molar-refractivity contribution in [3.05, 3.63) is 184 Å². The zero-order valence-corrected chi connectivity index (χ0v) is 28.6. The van der Waals surface area contributed by atoms with E-state index in [1.807, 2.05) is 36.4 Å². The minimum absolute atomic E-state index is 0.0619. The van der Waals surface area contributed by atoms with Crippen molar-refractivity contribution in [1.82, 2.24) is 0 Å². The summed E-state index contributed by atoms with van der Waals surface area (Å²) >= 11 is 12.3. The first-order valence-electron chi connectivity index (χ1n) is 13.8. The van der Waals surface area contributed by atoms with E-state index in [1.54, 1.807) is 17.4 Å². The third-order valence-electron chi connectivity index (χ3n) is 8.04. The van der Waals surface area contributed by atoms with Crippen molar-refractivity contribution in [1.29, 1.82) is 0 Å². The highest BCUT2D eigenvalue weighted by Gasteiger charge is 2.45. The van der Waals surface area contributed by atoms with Crippen LogP contribution in [0.2, 0.25) is 5.02 Å². The van der Waals surface area contributed by atoms with E-state index in [4.69, 9.17) is 11.6 Å². The second-order valence-electron chi connectivity index (χ2n) is 10.4. The van der Waals surface area contributed by atoms with Gasteiger partial charge in [0.25, 0.3) is 0 Å². The van der Waals surface area contributed by atoms with Crippen LogP contribution in [0.25, 0.3) is 31.3 Å². The highest BCUT2D eigenvalue weighted by molar-refractivity contribution is 14.1. The molecule has 0 bridgehead atoms. The summed E-state index contributed by atoms with van der Waals surface area (Å²) in [4.78, 5) is 12.2. The van der Waals surface area contributed by atoms with Crippen molar-refractivity contribution < 1.29 is 0 Å². The van der Waals surface area contributed by atoms with Gasteiger partial charge < -0.3 is 0 Å².